The summed E-state index contributed by atoms with van der Waals surface area (Å²) in [6.07, 6.45) is 5.92. The van der Waals surface area contributed by atoms with Crippen LogP contribution in [0.15, 0.2) is 46.9 Å². The van der Waals surface area contributed by atoms with Gasteiger partial charge in [0.05, 0.1) is 24.8 Å². The fraction of sp³-hybridized carbons (Fsp3) is 0.455. The lowest BCUT2D eigenvalue weighted by molar-refractivity contribution is -0.897. The van der Waals surface area contributed by atoms with E-state index in [0.29, 0.717) is 12.5 Å². The molecule has 2 aromatic rings. The Hall–Kier alpha value is -1.98. The Kier molecular flexibility index (Phi) is 4.58. The zero-order chi connectivity index (χ0) is 18.2. The van der Waals surface area contributed by atoms with Gasteiger partial charge in [-0.3, -0.25) is 4.79 Å². The number of piperidine rings is 1. The number of fused-ring (bicyclic) bond motifs is 3. The number of rotatable bonds is 3. The number of carbonyl (C=O) groups excluding carboxylic acids is 1. The standard InChI is InChI=1S/C22H25N3OS/c26-20(15-24-12-4-1-5-13-24)25-22(19-9-6-14-27-19)18-11-10-16-7-2-3-8-17(16)21(18)23-25/h2-3,6-9,14,18,22H,1,4-5,10-13,15H2/p+1/t18-,22+/m1/s1. The number of benzene rings is 1. The second kappa shape index (κ2) is 7.21. The molecular formula is C22H26N3OS+. The monoisotopic (exact) mass is 380 g/mol. The number of likely N-dealkylation sites (tertiary alicyclic amines) is 1. The molecule has 3 heterocycles. The minimum atomic E-state index is 0.0741. The molecule has 140 valence electrons. The van der Waals surface area contributed by atoms with Gasteiger partial charge in [-0.1, -0.05) is 30.3 Å². The molecule has 1 aliphatic carbocycles. The molecule has 0 bridgehead atoms. The first-order chi connectivity index (χ1) is 13.3. The van der Waals surface area contributed by atoms with Crippen LogP contribution in [0.2, 0.25) is 0 Å². The van der Waals surface area contributed by atoms with E-state index >= 15 is 0 Å². The summed E-state index contributed by atoms with van der Waals surface area (Å²) in [4.78, 5) is 16.0. The van der Waals surface area contributed by atoms with E-state index < -0.39 is 0 Å². The summed E-state index contributed by atoms with van der Waals surface area (Å²) >= 11 is 1.75. The van der Waals surface area contributed by atoms with Crippen LogP contribution in [0.3, 0.4) is 0 Å². The topological polar surface area (TPSA) is 37.1 Å². The molecule has 5 rings (SSSR count). The van der Waals surface area contributed by atoms with E-state index in [-0.39, 0.29) is 11.9 Å². The second-order valence-electron chi connectivity index (χ2n) is 7.97. The number of nitrogens with zero attached hydrogens (tertiary/aromatic N) is 2. The van der Waals surface area contributed by atoms with Gasteiger partial charge in [0.2, 0.25) is 0 Å². The number of nitrogens with one attached hydrogen (secondary N) is 1. The highest BCUT2D eigenvalue weighted by Gasteiger charge is 2.44. The minimum absolute atomic E-state index is 0.0741. The van der Waals surface area contributed by atoms with Crippen LogP contribution in [0.25, 0.3) is 0 Å². The van der Waals surface area contributed by atoms with Gasteiger partial charge in [0.1, 0.15) is 0 Å². The Morgan fingerprint density at radius 3 is 2.81 bits per heavy atom. The van der Waals surface area contributed by atoms with Crippen molar-refractivity contribution in [3.8, 4) is 0 Å². The summed E-state index contributed by atoms with van der Waals surface area (Å²) in [5, 5.41) is 8.90. The predicted octanol–water partition coefficient (Wildman–Crippen LogP) is 2.67. The fourth-order valence-corrected chi connectivity index (χ4v) is 5.81. The van der Waals surface area contributed by atoms with Gasteiger partial charge in [-0.15, -0.1) is 11.3 Å². The van der Waals surface area contributed by atoms with Crippen molar-refractivity contribution in [1.29, 1.82) is 0 Å². The van der Waals surface area contributed by atoms with Crippen LogP contribution >= 0.6 is 11.3 Å². The van der Waals surface area contributed by atoms with Crippen LogP contribution in [0.5, 0.6) is 0 Å². The van der Waals surface area contributed by atoms with Crippen molar-refractivity contribution < 1.29 is 9.69 Å². The third-order valence-electron chi connectivity index (χ3n) is 6.28. The van der Waals surface area contributed by atoms with Crippen LogP contribution in [0.1, 0.15) is 47.7 Å². The number of hydrogen-bond donors (Lipinski definition) is 1. The van der Waals surface area contributed by atoms with Gasteiger partial charge in [-0.05, 0) is 49.1 Å². The number of hydrogen-bond acceptors (Lipinski definition) is 3. The molecule has 1 N–H and O–H groups in total. The summed E-state index contributed by atoms with van der Waals surface area (Å²) in [5.74, 6) is 0.503. The van der Waals surface area contributed by atoms with Gasteiger partial charge in [0, 0.05) is 16.4 Å². The summed E-state index contributed by atoms with van der Waals surface area (Å²) in [7, 11) is 0. The van der Waals surface area contributed by atoms with Crippen molar-refractivity contribution in [3.63, 3.8) is 0 Å². The zero-order valence-electron chi connectivity index (χ0n) is 15.6. The van der Waals surface area contributed by atoms with Gasteiger partial charge >= 0.3 is 0 Å². The van der Waals surface area contributed by atoms with E-state index in [9.17, 15) is 4.79 Å². The van der Waals surface area contributed by atoms with Crippen LogP contribution in [0, 0.1) is 5.92 Å². The molecule has 2 atom stereocenters. The van der Waals surface area contributed by atoms with Gasteiger partial charge in [0.25, 0.3) is 5.91 Å². The summed E-state index contributed by atoms with van der Waals surface area (Å²) in [6, 6.07) is 12.9. The molecule has 1 aromatic heterocycles. The molecule has 4 nitrogen and oxygen atoms in total. The smallest absolute Gasteiger partial charge is 0.298 e. The number of amides is 1. The van der Waals surface area contributed by atoms with E-state index in [0.717, 1.165) is 31.6 Å². The molecule has 3 aliphatic rings. The number of thiophene rings is 1. The van der Waals surface area contributed by atoms with Crippen LogP contribution in [-0.2, 0) is 11.2 Å². The lowest BCUT2D eigenvalue weighted by Gasteiger charge is -2.30. The zero-order valence-corrected chi connectivity index (χ0v) is 16.4. The molecule has 5 heteroatoms. The first-order valence-electron chi connectivity index (χ1n) is 10.2. The predicted molar refractivity (Wildman–Crippen MR) is 108 cm³/mol. The van der Waals surface area contributed by atoms with Crippen molar-refractivity contribution in [2.45, 2.75) is 38.1 Å². The van der Waals surface area contributed by atoms with Crippen molar-refractivity contribution in [2.75, 3.05) is 19.6 Å². The molecular weight excluding hydrogens is 354 g/mol. The molecule has 0 radical (unpaired) electrons. The third kappa shape index (κ3) is 3.13. The fourth-order valence-electron chi connectivity index (χ4n) is 4.93. The number of aryl methyl sites for hydroxylation is 1. The van der Waals surface area contributed by atoms with Crippen LogP contribution in [-0.4, -0.2) is 36.3 Å². The molecule has 1 fully saturated rings. The first-order valence-corrected chi connectivity index (χ1v) is 11.0. The number of hydrazone groups is 1. The van der Waals surface area contributed by atoms with Crippen LogP contribution in [0.4, 0.5) is 0 Å². The van der Waals surface area contributed by atoms with Crippen molar-refractivity contribution >= 4 is 23.0 Å². The summed E-state index contributed by atoms with van der Waals surface area (Å²) < 4.78 is 0. The maximum absolute atomic E-state index is 13.3. The maximum Gasteiger partial charge on any atom is 0.298 e. The highest BCUT2D eigenvalue weighted by atomic mass is 32.1. The first kappa shape index (κ1) is 17.1. The van der Waals surface area contributed by atoms with E-state index in [1.165, 1.54) is 40.2 Å². The molecule has 1 aromatic carbocycles. The summed E-state index contributed by atoms with van der Waals surface area (Å²) in [5.41, 5.74) is 3.74. The minimum Gasteiger partial charge on any atom is -0.327 e. The normalized spacial score (nSPS) is 25.0. The Morgan fingerprint density at radius 1 is 1.15 bits per heavy atom. The van der Waals surface area contributed by atoms with Gasteiger partial charge in [-0.2, -0.15) is 5.10 Å². The quantitative estimate of drug-likeness (QED) is 0.873. The molecule has 1 amide bonds. The molecule has 0 unspecified atom stereocenters. The Balaban J connectivity index is 1.48. The van der Waals surface area contributed by atoms with Gasteiger partial charge in [-0.25, -0.2) is 5.01 Å². The van der Waals surface area contributed by atoms with E-state index in [1.807, 2.05) is 5.01 Å². The van der Waals surface area contributed by atoms with E-state index in [4.69, 9.17) is 5.10 Å². The maximum atomic E-state index is 13.3. The highest BCUT2D eigenvalue weighted by Crippen LogP contribution is 2.44. The largest absolute Gasteiger partial charge is 0.327 e. The number of quaternary nitrogens is 1. The molecule has 27 heavy (non-hydrogen) atoms. The lowest BCUT2D eigenvalue weighted by Crippen LogP contribution is -3.13. The Morgan fingerprint density at radius 2 is 2.00 bits per heavy atom. The molecule has 2 aliphatic heterocycles. The SMILES string of the molecule is O=C(C[NH+]1CCCCC1)N1N=C2c3ccccc3CC[C@H]2[C@H]1c1cccs1. The van der Waals surface area contributed by atoms with Gasteiger partial charge < -0.3 is 4.90 Å². The van der Waals surface area contributed by atoms with Crippen molar-refractivity contribution in [2.24, 2.45) is 11.0 Å². The summed E-state index contributed by atoms with van der Waals surface area (Å²) in [6.45, 7) is 2.81. The molecule has 0 saturated carbocycles. The second-order valence-corrected chi connectivity index (χ2v) is 8.95. The average molecular weight is 381 g/mol. The van der Waals surface area contributed by atoms with Crippen molar-refractivity contribution in [1.82, 2.24) is 5.01 Å². The molecule has 0 spiro atoms. The highest BCUT2D eigenvalue weighted by molar-refractivity contribution is 7.10. The van der Waals surface area contributed by atoms with Crippen LogP contribution < -0.4 is 4.90 Å². The van der Waals surface area contributed by atoms with E-state index in [1.54, 1.807) is 11.3 Å². The van der Waals surface area contributed by atoms with Gasteiger partial charge in [0.15, 0.2) is 6.54 Å². The van der Waals surface area contributed by atoms with Crippen molar-refractivity contribution in [3.05, 3.63) is 57.8 Å². The lowest BCUT2D eigenvalue weighted by atomic mass is 9.79. The number of carbonyl (C=O) groups is 1. The Labute approximate surface area is 164 Å². The average Bonchev–Trinajstić information content (AvgIpc) is 3.36. The molecule has 1 saturated heterocycles. The van der Waals surface area contributed by atoms with E-state index in [2.05, 4.69) is 41.8 Å². The Bertz CT molecular complexity index is 854. The third-order valence-corrected chi connectivity index (χ3v) is 7.22.